The summed E-state index contributed by atoms with van der Waals surface area (Å²) in [6.07, 6.45) is 9.40. The summed E-state index contributed by atoms with van der Waals surface area (Å²) in [4.78, 5) is 32.0. The Morgan fingerprint density at radius 3 is 1.12 bits per heavy atom. The minimum absolute atomic E-state index is 0.254. The Kier molecular flexibility index (Phi) is 14.5. The van der Waals surface area contributed by atoms with Crippen LogP contribution in [0.4, 0.5) is 85.3 Å². The van der Waals surface area contributed by atoms with Gasteiger partial charge in [0, 0.05) is 122 Å². The van der Waals surface area contributed by atoms with E-state index < -0.39 is 0 Å². The Balaban J connectivity index is 0.866. The van der Waals surface area contributed by atoms with Crippen LogP contribution < -0.4 is 62.0 Å². The minimum atomic E-state index is -0.267. The number of anilines is 15. The molecule has 0 radical (unpaired) electrons. The van der Waals surface area contributed by atoms with Crippen LogP contribution in [0.1, 0.15) is 0 Å². The van der Waals surface area contributed by atoms with E-state index in [1.165, 1.54) is 21.9 Å². The summed E-state index contributed by atoms with van der Waals surface area (Å²) in [5, 5.41) is 0. The number of nitrogens with zero attached hydrogens (tertiary/aromatic N) is 9. The molecule has 0 fully saturated rings. The Bertz CT molecular complexity index is 5800. The van der Waals surface area contributed by atoms with Crippen molar-refractivity contribution in [3.8, 4) is 56.4 Å². The molecular formula is C92H61B2N9O. The average molecular weight is 1330 g/mol. The van der Waals surface area contributed by atoms with Gasteiger partial charge in [-0.2, -0.15) is 0 Å². The van der Waals surface area contributed by atoms with Crippen molar-refractivity contribution < 1.29 is 4.74 Å². The van der Waals surface area contributed by atoms with Gasteiger partial charge >= 0.3 is 0 Å². The number of fused-ring (bicyclic) bond motifs is 8. The molecule has 0 atom stereocenters. The second-order valence-electron chi connectivity index (χ2n) is 26.4. The molecule has 0 N–H and O–H groups in total. The maximum atomic E-state index is 7.96. The van der Waals surface area contributed by atoms with E-state index in [9.17, 15) is 0 Å². The van der Waals surface area contributed by atoms with Gasteiger partial charge in [-0.05, 0) is 166 Å². The lowest BCUT2D eigenvalue weighted by Gasteiger charge is -2.46. The van der Waals surface area contributed by atoms with E-state index in [0.717, 1.165) is 153 Å². The van der Waals surface area contributed by atoms with Crippen LogP contribution >= 0.6 is 0 Å². The Hall–Kier alpha value is -13.8. The molecule has 12 aromatic carbocycles. The van der Waals surface area contributed by atoms with Crippen LogP contribution in [0.15, 0.2) is 371 Å². The Labute approximate surface area is 604 Å². The van der Waals surface area contributed by atoms with Gasteiger partial charge in [0.1, 0.15) is 11.5 Å². The molecule has 4 aliphatic heterocycles. The van der Waals surface area contributed by atoms with Crippen LogP contribution in [-0.4, -0.2) is 33.4 Å². The molecule has 0 amide bonds. The number of pyridine rings is 4. The predicted molar refractivity (Wildman–Crippen MR) is 429 cm³/mol. The summed E-state index contributed by atoms with van der Waals surface area (Å²) in [5.74, 6) is 1.53. The number of benzene rings is 12. The standard InChI is InChI=1S/C92H61B2N9O/c1-4-30-63(31-5-1)99-83-49-20-14-40-72(83)93-74-59-75-89(60-85(74)101(65-34-8-3-9-35-65)87-56-66(55-86(99)91(87)93)102(80-46-17-11-37-69(80)76-42-22-25-52-96-76)81-47-18-12-38-70(81)77-43-23-26-53-97-77)104-90-58-67(57-88-92(90)94(75)73-41-15-21-50-84(73)100(88)64-32-6-2-7-33-64)103(79-45-16-10-36-68(79)62-29-28-51-95-61-62)82-48-19-13-39-71(82)78-44-24-27-54-98-78/h1-61H. The average Bonchev–Trinajstić information content (AvgIpc) is 0.689. The van der Waals surface area contributed by atoms with Gasteiger partial charge in [-0.3, -0.25) is 19.9 Å². The summed E-state index contributed by atoms with van der Waals surface area (Å²) in [5.41, 5.74) is 29.5. The largest absolute Gasteiger partial charge is 0.458 e. The monoisotopic (exact) mass is 1330 g/mol. The molecule has 0 bridgehead atoms. The third-order valence-electron chi connectivity index (χ3n) is 20.7. The summed E-state index contributed by atoms with van der Waals surface area (Å²) in [6.45, 7) is -0.521. The summed E-state index contributed by atoms with van der Waals surface area (Å²) in [6, 6.07) is 122. The molecule has 0 saturated carbocycles. The van der Waals surface area contributed by atoms with Crippen molar-refractivity contribution >= 4 is 132 Å². The smallest absolute Gasteiger partial charge is 0.256 e. The molecule has 10 nitrogen and oxygen atoms in total. The first kappa shape index (κ1) is 60.2. The normalized spacial score (nSPS) is 12.6. The number of ether oxygens (including phenoxy) is 1. The van der Waals surface area contributed by atoms with E-state index in [0.29, 0.717) is 0 Å². The Morgan fingerprint density at radius 2 is 0.663 bits per heavy atom. The number of para-hydroxylation sites is 9. The molecule has 16 aromatic rings. The van der Waals surface area contributed by atoms with Crippen LogP contribution in [0.5, 0.6) is 11.5 Å². The zero-order chi connectivity index (χ0) is 68.6. The highest BCUT2D eigenvalue weighted by atomic mass is 16.5. The Morgan fingerprint density at radius 1 is 0.269 bits per heavy atom. The highest BCUT2D eigenvalue weighted by Crippen LogP contribution is 2.54. The molecule has 4 aromatic heterocycles. The van der Waals surface area contributed by atoms with Gasteiger partial charge in [-0.15, -0.1) is 0 Å². The highest BCUT2D eigenvalue weighted by Gasteiger charge is 2.48. The molecule has 20 rings (SSSR count). The van der Waals surface area contributed by atoms with Crippen LogP contribution in [0.3, 0.4) is 0 Å². The molecule has 0 aliphatic carbocycles. The first-order valence-electron chi connectivity index (χ1n) is 35.2. The van der Waals surface area contributed by atoms with Gasteiger partial charge in [0.2, 0.25) is 0 Å². The predicted octanol–water partition coefficient (Wildman–Crippen LogP) is 19.4. The van der Waals surface area contributed by atoms with Gasteiger partial charge in [0.25, 0.3) is 13.4 Å². The fourth-order valence-corrected chi connectivity index (χ4v) is 16.4. The zero-order valence-electron chi connectivity index (χ0n) is 56.3. The lowest BCUT2D eigenvalue weighted by Crippen LogP contribution is -2.64. The summed E-state index contributed by atoms with van der Waals surface area (Å²) >= 11 is 0. The molecular weight excluding hydrogens is 1270 g/mol. The van der Waals surface area contributed by atoms with E-state index in [1.807, 2.05) is 55.2 Å². The van der Waals surface area contributed by atoms with Crippen LogP contribution in [0.25, 0.3) is 44.9 Å². The molecule has 8 heterocycles. The molecule has 12 heteroatoms. The van der Waals surface area contributed by atoms with Crippen molar-refractivity contribution in [3.63, 3.8) is 0 Å². The summed E-state index contributed by atoms with van der Waals surface area (Å²) in [7, 11) is 0. The van der Waals surface area contributed by atoms with Crippen molar-refractivity contribution in [2.45, 2.75) is 0 Å². The fourth-order valence-electron chi connectivity index (χ4n) is 16.4. The number of aromatic nitrogens is 4. The van der Waals surface area contributed by atoms with E-state index in [-0.39, 0.29) is 13.4 Å². The van der Waals surface area contributed by atoms with Gasteiger partial charge < -0.3 is 29.2 Å². The van der Waals surface area contributed by atoms with Gasteiger partial charge in [0.05, 0.1) is 51.2 Å². The van der Waals surface area contributed by atoms with E-state index in [4.69, 9.17) is 19.7 Å². The topological polar surface area (TPSA) is 77.0 Å². The number of hydrogen-bond donors (Lipinski definition) is 0. The first-order valence-corrected chi connectivity index (χ1v) is 35.2. The van der Waals surface area contributed by atoms with E-state index in [1.54, 1.807) is 0 Å². The van der Waals surface area contributed by atoms with Crippen molar-refractivity contribution in [2.24, 2.45) is 0 Å². The second kappa shape index (κ2) is 25.1. The molecule has 486 valence electrons. The lowest BCUT2D eigenvalue weighted by molar-refractivity contribution is 0.488. The van der Waals surface area contributed by atoms with Crippen LogP contribution in [0.2, 0.25) is 0 Å². The van der Waals surface area contributed by atoms with Crippen molar-refractivity contribution in [1.82, 2.24) is 19.9 Å². The summed E-state index contributed by atoms with van der Waals surface area (Å²) < 4.78 is 7.96. The van der Waals surface area contributed by atoms with E-state index in [2.05, 4.69) is 345 Å². The fraction of sp³-hybridized carbons (Fsp3) is 0. The number of hydrogen-bond acceptors (Lipinski definition) is 10. The van der Waals surface area contributed by atoms with Gasteiger partial charge in [-0.25, -0.2) is 0 Å². The number of rotatable bonds is 13. The quantitative estimate of drug-likeness (QED) is 0.104. The highest BCUT2D eigenvalue weighted by molar-refractivity contribution is 7.02. The zero-order valence-corrected chi connectivity index (χ0v) is 56.3. The lowest BCUT2D eigenvalue weighted by atomic mass is 9.30. The molecule has 0 saturated heterocycles. The molecule has 0 spiro atoms. The molecule has 104 heavy (non-hydrogen) atoms. The van der Waals surface area contributed by atoms with Crippen molar-refractivity contribution in [1.29, 1.82) is 0 Å². The maximum absolute atomic E-state index is 7.96. The second-order valence-corrected chi connectivity index (χ2v) is 26.4. The van der Waals surface area contributed by atoms with Crippen molar-refractivity contribution in [2.75, 3.05) is 24.5 Å². The first-order chi connectivity index (χ1) is 51.7. The molecule has 0 unspecified atom stereocenters. The van der Waals surface area contributed by atoms with E-state index >= 15 is 0 Å². The molecule has 4 aliphatic rings. The third-order valence-corrected chi connectivity index (χ3v) is 20.7. The van der Waals surface area contributed by atoms with Gasteiger partial charge in [-0.1, -0.05) is 194 Å². The maximum Gasteiger partial charge on any atom is 0.256 e. The van der Waals surface area contributed by atoms with Gasteiger partial charge in [0.15, 0.2) is 0 Å². The van der Waals surface area contributed by atoms with Crippen LogP contribution in [0, 0.1) is 0 Å². The third kappa shape index (κ3) is 9.90. The SMILES string of the molecule is c1ccc(N2c3ccccc3B3c4cc5c(cc4Oc4cc(N(c6ccccc6-c6cccnc6)c6ccccc6-c6ccccn6)cc2c43)N(c2ccccc2)c2cc(N(c3ccccc3-c3ccccn3)c3ccccc3-c3ccccn3)cc3c2B5c2ccccc2N3c2ccccc2)cc1. The minimum Gasteiger partial charge on any atom is -0.458 e. The van der Waals surface area contributed by atoms with Crippen LogP contribution in [-0.2, 0) is 0 Å². The van der Waals surface area contributed by atoms with Crippen molar-refractivity contribution in [3.05, 3.63) is 371 Å².